The van der Waals surface area contributed by atoms with Gasteiger partial charge in [0.2, 0.25) is 0 Å². The Balaban J connectivity index is 2.81. The van der Waals surface area contributed by atoms with E-state index in [0.717, 1.165) is 57.4 Å². The van der Waals surface area contributed by atoms with Crippen molar-refractivity contribution in [3.05, 3.63) is 18.2 Å². The number of hydrogen-bond acceptors (Lipinski definition) is 6. The third-order valence-electron chi connectivity index (χ3n) is 4.63. The van der Waals surface area contributed by atoms with Crippen LogP contribution in [0.3, 0.4) is 0 Å². The van der Waals surface area contributed by atoms with Crippen molar-refractivity contribution in [2.45, 2.75) is 95.8 Å². The Morgan fingerprint density at radius 3 is 1.80 bits per heavy atom. The van der Waals surface area contributed by atoms with Crippen LogP contribution in [0, 0.1) is 0 Å². The molecule has 0 amide bonds. The molecule has 0 atom stereocenters. The van der Waals surface area contributed by atoms with Crippen LogP contribution in [0.1, 0.15) is 90.9 Å². The summed E-state index contributed by atoms with van der Waals surface area (Å²) >= 11 is 0. The first-order valence-corrected chi connectivity index (χ1v) is 12.3. The minimum atomic E-state index is -4.67. The average Bonchev–Trinajstić information content (AvgIpc) is 2.68. The Bertz CT molecular complexity index is 772. The number of carbonyl (C=O) groups excluding carboxylic acids is 2. The first-order valence-electron chi connectivity index (χ1n) is 10.8. The molecule has 0 spiro atoms. The van der Waals surface area contributed by atoms with Gasteiger partial charge in [-0.15, -0.1) is 0 Å². The molecular formula is C22H34O7S. The Morgan fingerprint density at radius 1 is 0.800 bits per heavy atom. The molecule has 1 aromatic rings. The molecule has 0 fully saturated rings. The second kappa shape index (κ2) is 14.1. The standard InChI is InChI=1S/C22H34O7S/c1-3-5-7-9-11-16-20(23)28-18-14-13-15-19(30(25,26)27)22(18)29-21(24)17-12-10-8-6-4-2/h13-15H,3-12,16-17H2,1-2H3,(H,25,26,27). The van der Waals surface area contributed by atoms with Crippen LogP contribution in [0.5, 0.6) is 11.5 Å². The number of ether oxygens (including phenoxy) is 2. The monoisotopic (exact) mass is 442 g/mol. The maximum absolute atomic E-state index is 12.2. The summed E-state index contributed by atoms with van der Waals surface area (Å²) in [6.45, 7) is 4.19. The number of unbranched alkanes of at least 4 members (excludes halogenated alkanes) is 8. The summed E-state index contributed by atoms with van der Waals surface area (Å²) in [7, 11) is -4.67. The van der Waals surface area contributed by atoms with Crippen molar-refractivity contribution >= 4 is 22.1 Å². The maximum Gasteiger partial charge on any atom is 0.311 e. The lowest BCUT2D eigenvalue weighted by Gasteiger charge is -2.13. The highest BCUT2D eigenvalue weighted by Crippen LogP contribution is 2.35. The Kier molecular flexibility index (Phi) is 12.3. The summed E-state index contributed by atoms with van der Waals surface area (Å²) < 4.78 is 43.3. The van der Waals surface area contributed by atoms with Crippen molar-refractivity contribution in [3.63, 3.8) is 0 Å². The SMILES string of the molecule is CCCCCCCC(=O)Oc1cccc(S(=O)(=O)O)c1OC(=O)CCCCCCC. The summed E-state index contributed by atoms with van der Waals surface area (Å²) in [5.41, 5.74) is 0. The summed E-state index contributed by atoms with van der Waals surface area (Å²) in [4.78, 5) is 23.7. The van der Waals surface area contributed by atoms with E-state index >= 15 is 0 Å². The molecule has 0 unspecified atom stereocenters. The van der Waals surface area contributed by atoms with Gasteiger partial charge in [0, 0.05) is 12.8 Å². The molecule has 0 aliphatic rings. The second-order valence-electron chi connectivity index (χ2n) is 7.34. The third-order valence-corrected chi connectivity index (χ3v) is 5.51. The van der Waals surface area contributed by atoms with Crippen LogP contribution < -0.4 is 9.47 Å². The van der Waals surface area contributed by atoms with Crippen molar-refractivity contribution in [2.75, 3.05) is 0 Å². The van der Waals surface area contributed by atoms with Crippen molar-refractivity contribution in [3.8, 4) is 11.5 Å². The number of rotatable bonds is 15. The molecule has 0 bridgehead atoms. The Morgan fingerprint density at radius 2 is 1.30 bits per heavy atom. The van der Waals surface area contributed by atoms with Gasteiger partial charge in [-0.05, 0) is 25.0 Å². The van der Waals surface area contributed by atoms with Crippen LogP contribution in [-0.4, -0.2) is 24.9 Å². The van der Waals surface area contributed by atoms with Gasteiger partial charge in [0.25, 0.3) is 10.1 Å². The quantitative estimate of drug-likeness (QED) is 0.166. The zero-order valence-corrected chi connectivity index (χ0v) is 18.8. The normalized spacial score (nSPS) is 11.3. The molecule has 0 radical (unpaired) electrons. The summed E-state index contributed by atoms with van der Waals surface area (Å²) in [5, 5.41) is 0. The van der Waals surface area contributed by atoms with Crippen molar-refractivity contribution in [1.29, 1.82) is 0 Å². The average molecular weight is 443 g/mol. The van der Waals surface area contributed by atoms with E-state index in [1.165, 1.54) is 12.1 Å². The fraction of sp³-hybridized carbons (Fsp3) is 0.636. The van der Waals surface area contributed by atoms with E-state index in [-0.39, 0.29) is 18.6 Å². The van der Waals surface area contributed by atoms with E-state index < -0.39 is 32.7 Å². The van der Waals surface area contributed by atoms with Gasteiger partial charge in [0.05, 0.1) is 0 Å². The van der Waals surface area contributed by atoms with Gasteiger partial charge in [-0.1, -0.05) is 71.3 Å². The molecular weight excluding hydrogens is 408 g/mol. The first kappa shape index (κ1) is 26.1. The highest BCUT2D eigenvalue weighted by Gasteiger charge is 2.24. The van der Waals surface area contributed by atoms with Crippen LogP contribution >= 0.6 is 0 Å². The molecule has 1 aromatic carbocycles. The summed E-state index contributed by atoms with van der Waals surface area (Å²) in [6, 6.07) is 3.75. The molecule has 0 aliphatic heterocycles. The zero-order valence-electron chi connectivity index (χ0n) is 18.0. The van der Waals surface area contributed by atoms with Crippen molar-refractivity contribution in [2.24, 2.45) is 0 Å². The van der Waals surface area contributed by atoms with Crippen LogP contribution in [-0.2, 0) is 19.7 Å². The minimum absolute atomic E-state index is 0.105. The second-order valence-corrected chi connectivity index (χ2v) is 8.73. The molecule has 0 aliphatic carbocycles. The molecule has 1 rings (SSSR count). The molecule has 0 aromatic heterocycles. The highest BCUT2D eigenvalue weighted by atomic mass is 32.2. The number of hydrogen-bond donors (Lipinski definition) is 1. The lowest BCUT2D eigenvalue weighted by molar-refractivity contribution is -0.137. The molecule has 7 nitrogen and oxygen atoms in total. The predicted molar refractivity (Wildman–Crippen MR) is 114 cm³/mol. The number of benzene rings is 1. The third kappa shape index (κ3) is 10.2. The lowest BCUT2D eigenvalue weighted by atomic mass is 10.1. The molecule has 0 saturated carbocycles. The summed E-state index contributed by atoms with van der Waals surface area (Å²) in [5.74, 6) is -1.82. The fourth-order valence-corrected chi connectivity index (χ4v) is 3.59. The number of para-hydroxylation sites is 1. The van der Waals surface area contributed by atoms with Gasteiger partial charge in [0.15, 0.2) is 11.5 Å². The highest BCUT2D eigenvalue weighted by molar-refractivity contribution is 7.86. The largest absolute Gasteiger partial charge is 0.422 e. The van der Waals surface area contributed by atoms with Gasteiger partial charge in [-0.2, -0.15) is 8.42 Å². The van der Waals surface area contributed by atoms with Crippen molar-refractivity contribution < 1.29 is 32.0 Å². The molecule has 0 saturated heterocycles. The first-order chi connectivity index (χ1) is 14.3. The van der Waals surface area contributed by atoms with E-state index in [1.807, 2.05) is 0 Å². The topological polar surface area (TPSA) is 107 Å². The van der Waals surface area contributed by atoms with E-state index in [2.05, 4.69) is 13.8 Å². The van der Waals surface area contributed by atoms with Gasteiger partial charge >= 0.3 is 11.9 Å². The zero-order chi connectivity index (χ0) is 22.4. The van der Waals surface area contributed by atoms with Crippen molar-refractivity contribution in [1.82, 2.24) is 0 Å². The van der Waals surface area contributed by atoms with Crippen LogP contribution in [0.2, 0.25) is 0 Å². The smallest absolute Gasteiger partial charge is 0.311 e. The molecule has 0 heterocycles. The van der Waals surface area contributed by atoms with Gasteiger partial charge in [-0.3, -0.25) is 14.1 Å². The molecule has 8 heteroatoms. The molecule has 30 heavy (non-hydrogen) atoms. The Labute approximate surface area is 179 Å². The number of carbonyl (C=O) groups is 2. The van der Waals surface area contributed by atoms with Crippen LogP contribution in [0.15, 0.2) is 23.1 Å². The fourth-order valence-electron chi connectivity index (χ4n) is 2.96. The molecule has 1 N–H and O–H groups in total. The number of esters is 2. The Hall–Kier alpha value is -1.93. The molecule has 170 valence electrons. The van der Waals surface area contributed by atoms with E-state index in [0.29, 0.717) is 12.8 Å². The van der Waals surface area contributed by atoms with Gasteiger partial charge in [-0.25, -0.2) is 0 Å². The lowest BCUT2D eigenvalue weighted by Crippen LogP contribution is -2.14. The minimum Gasteiger partial charge on any atom is -0.422 e. The van der Waals surface area contributed by atoms with E-state index in [1.54, 1.807) is 0 Å². The summed E-state index contributed by atoms with van der Waals surface area (Å²) in [6.07, 6.45) is 9.71. The van der Waals surface area contributed by atoms with Gasteiger partial charge < -0.3 is 9.47 Å². The predicted octanol–water partition coefficient (Wildman–Crippen LogP) is 5.47. The van der Waals surface area contributed by atoms with Crippen LogP contribution in [0.25, 0.3) is 0 Å². The maximum atomic E-state index is 12.2. The van der Waals surface area contributed by atoms with Gasteiger partial charge in [0.1, 0.15) is 4.90 Å². The van der Waals surface area contributed by atoms with E-state index in [9.17, 15) is 22.6 Å². The van der Waals surface area contributed by atoms with Crippen LogP contribution in [0.4, 0.5) is 0 Å². The van der Waals surface area contributed by atoms with E-state index in [4.69, 9.17) is 9.47 Å².